The predicted octanol–water partition coefficient (Wildman–Crippen LogP) is 4.81. The minimum atomic E-state index is 0.0627. The lowest BCUT2D eigenvalue weighted by Gasteiger charge is -2.18. The molecular weight excluding hydrogens is 293 g/mol. The van der Waals surface area contributed by atoms with Gasteiger partial charge < -0.3 is 5.32 Å². The highest BCUT2D eigenvalue weighted by atomic mass is 35.5. The number of fused-ring (bicyclic) bond motifs is 1. The van der Waals surface area contributed by atoms with Crippen molar-refractivity contribution < 1.29 is 0 Å². The zero-order valence-electron chi connectivity index (χ0n) is 10.8. The number of aromatic nitrogens is 2. The largest absolute Gasteiger partial charge is 0.365 e. The van der Waals surface area contributed by atoms with Gasteiger partial charge >= 0.3 is 0 Å². The van der Waals surface area contributed by atoms with Gasteiger partial charge in [-0.1, -0.05) is 35.3 Å². The Morgan fingerprint density at radius 1 is 1.20 bits per heavy atom. The molecule has 0 spiro atoms. The van der Waals surface area contributed by atoms with E-state index in [0.29, 0.717) is 10.0 Å². The average Bonchev–Trinajstić information content (AvgIpc) is 2.87. The van der Waals surface area contributed by atoms with Crippen LogP contribution in [0.3, 0.4) is 0 Å². The second-order valence-corrected chi connectivity index (χ2v) is 5.44. The number of hydrogen-bond acceptors (Lipinski definition) is 2. The molecule has 1 unspecified atom stereocenters. The fraction of sp³-hybridized carbons (Fsp3) is 0.133. The molecule has 0 radical (unpaired) electrons. The van der Waals surface area contributed by atoms with E-state index in [1.165, 1.54) is 0 Å². The molecule has 2 aromatic heterocycles. The molecule has 0 saturated carbocycles. The van der Waals surface area contributed by atoms with Crippen LogP contribution in [0.1, 0.15) is 18.5 Å². The Balaban J connectivity index is 1.92. The third kappa shape index (κ3) is 2.47. The molecule has 0 aliphatic heterocycles. The molecular formula is C15H13Cl2N3. The van der Waals surface area contributed by atoms with Crippen molar-refractivity contribution in [3.8, 4) is 0 Å². The van der Waals surface area contributed by atoms with Crippen molar-refractivity contribution in [2.45, 2.75) is 13.0 Å². The lowest BCUT2D eigenvalue weighted by atomic mass is 10.1. The number of imidazole rings is 1. The molecule has 3 rings (SSSR count). The summed E-state index contributed by atoms with van der Waals surface area (Å²) in [5.74, 6) is 0.971. The summed E-state index contributed by atoms with van der Waals surface area (Å²) in [6, 6.07) is 11.6. The maximum atomic E-state index is 6.24. The Kier molecular flexibility index (Phi) is 3.55. The molecule has 1 aromatic carbocycles. The zero-order valence-corrected chi connectivity index (χ0v) is 12.4. The van der Waals surface area contributed by atoms with Crippen molar-refractivity contribution in [2.75, 3.05) is 5.32 Å². The van der Waals surface area contributed by atoms with E-state index in [-0.39, 0.29) is 6.04 Å². The van der Waals surface area contributed by atoms with Gasteiger partial charge in [-0.3, -0.25) is 4.40 Å². The summed E-state index contributed by atoms with van der Waals surface area (Å²) < 4.78 is 2.00. The van der Waals surface area contributed by atoms with Crippen LogP contribution in [0.15, 0.2) is 48.8 Å². The van der Waals surface area contributed by atoms with Gasteiger partial charge in [-0.2, -0.15) is 0 Å². The lowest BCUT2D eigenvalue weighted by Crippen LogP contribution is -2.09. The van der Waals surface area contributed by atoms with E-state index in [2.05, 4.69) is 17.2 Å². The van der Waals surface area contributed by atoms with Crippen molar-refractivity contribution in [2.24, 2.45) is 0 Å². The van der Waals surface area contributed by atoms with Crippen molar-refractivity contribution in [3.05, 3.63) is 64.4 Å². The maximum absolute atomic E-state index is 6.24. The smallest absolute Gasteiger partial charge is 0.138 e. The van der Waals surface area contributed by atoms with E-state index < -0.39 is 0 Å². The summed E-state index contributed by atoms with van der Waals surface area (Å²) in [5, 5.41) is 4.75. The van der Waals surface area contributed by atoms with Crippen LogP contribution in [-0.4, -0.2) is 9.38 Å². The van der Waals surface area contributed by atoms with Gasteiger partial charge in [0.1, 0.15) is 11.5 Å². The first kappa shape index (κ1) is 13.3. The Morgan fingerprint density at radius 3 is 2.85 bits per heavy atom. The number of anilines is 1. The van der Waals surface area contributed by atoms with Crippen LogP contribution in [0.4, 0.5) is 5.82 Å². The Bertz CT molecular complexity index is 752. The van der Waals surface area contributed by atoms with E-state index >= 15 is 0 Å². The van der Waals surface area contributed by atoms with E-state index in [0.717, 1.165) is 17.0 Å². The van der Waals surface area contributed by atoms with Crippen molar-refractivity contribution in [3.63, 3.8) is 0 Å². The minimum absolute atomic E-state index is 0.0627. The molecule has 2 heterocycles. The molecule has 3 aromatic rings. The van der Waals surface area contributed by atoms with Gasteiger partial charge in [0, 0.05) is 22.4 Å². The van der Waals surface area contributed by atoms with Gasteiger partial charge in [-0.25, -0.2) is 4.98 Å². The second kappa shape index (κ2) is 5.35. The Morgan fingerprint density at radius 2 is 2.05 bits per heavy atom. The zero-order chi connectivity index (χ0) is 14.1. The van der Waals surface area contributed by atoms with E-state index in [4.69, 9.17) is 23.2 Å². The highest BCUT2D eigenvalue weighted by Gasteiger charge is 2.11. The molecule has 0 aliphatic rings. The van der Waals surface area contributed by atoms with E-state index in [1.807, 2.05) is 40.9 Å². The third-order valence-corrected chi connectivity index (χ3v) is 3.78. The van der Waals surface area contributed by atoms with Crippen LogP contribution in [0, 0.1) is 0 Å². The van der Waals surface area contributed by atoms with Gasteiger partial charge in [-0.15, -0.1) is 0 Å². The van der Waals surface area contributed by atoms with Gasteiger partial charge in [-0.05, 0) is 36.8 Å². The molecule has 20 heavy (non-hydrogen) atoms. The second-order valence-electron chi connectivity index (χ2n) is 4.60. The number of nitrogens with one attached hydrogen (secondary N) is 1. The predicted molar refractivity (Wildman–Crippen MR) is 83.7 cm³/mol. The summed E-state index contributed by atoms with van der Waals surface area (Å²) in [6.07, 6.45) is 3.70. The average molecular weight is 306 g/mol. The quantitative estimate of drug-likeness (QED) is 0.752. The summed E-state index contributed by atoms with van der Waals surface area (Å²) >= 11 is 12.2. The van der Waals surface area contributed by atoms with Crippen LogP contribution >= 0.6 is 23.2 Å². The molecule has 0 fully saturated rings. The standard InChI is InChI=1S/C15H13Cl2N3/c1-10(12-6-5-11(16)9-13(12)17)19-15-4-2-3-14-18-7-8-20(14)15/h2-10,19H,1H3. The van der Waals surface area contributed by atoms with Gasteiger partial charge in [0.2, 0.25) is 0 Å². The summed E-state index contributed by atoms with van der Waals surface area (Å²) in [7, 11) is 0. The van der Waals surface area contributed by atoms with Gasteiger partial charge in [0.25, 0.3) is 0 Å². The van der Waals surface area contributed by atoms with Crippen LogP contribution in [0.2, 0.25) is 10.0 Å². The number of rotatable bonds is 3. The van der Waals surface area contributed by atoms with Crippen LogP contribution < -0.4 is 5.32 Å². The number of halogens is 2. The van der Waals surface area contributed by atoms with Crippen LogP contribution in [0.5, 0.6) is 0 Å². The topological polar surface area (TPSA) is 29.3 Å². The lowest BCUT2D eigenvalue weighted by molar-refractivity contribution is 0.869. The number of hydrogen-bond donors (Lipinski definition) is 1. The fourth-order valence-corrected chi connectivity index (χ4v) is 2.79. The first-order chi connectivity index (χ1) is 9.65. The highest BCUT2D eigenvalue weighted by Crippen LogP contribution is 2.28. The third-order valence-electron chi connectivity index (χ3n) is 3.22. The fourth-order valence-electron chi connectivity index (χ4n) is 2.22. The molecule has 1 N–H and O–H groups in total. The number of pyridine rings is 1. The van der Waals surface area contributed by atoms with Gasteiger partial charge in [0.15, 0.2) is 0 Å². The van der Waals surface area contributed by atoms with Crippen LogP contribution in [-0.2, 0) is 0 Å². The molecule has 0 aliphatic carbocycles. The van der Waals surface area contributed by atoms with Crippen LogP contribution in [0.25, 0.3) is 5.65 Å². The molecule has 0 saturated heterocycles. The van der Waals surface area contributed by atoms with Crippen molar-refractivity contribution >= 4 is 34.7 Å². The van der Waals surface area contributed by atoms with Gasteiger partial charge in [0.05, 0.1) is 6.04 Å². The first-order valence-corrected chi connectivity index (χ1v) is 7.04. The SMILES string of the molecule is CC(Nc1cccc2nccn12)c1ccc(Cl)cc1Cl. The van der Waals surface area contributed by atoms with Crippen molar-refractivity contribution in [1.29, 1.82) is 0 Å². The minimum Gasteiger partial charge on any atom is -0.365 e. The molecule has 0 bridgehead atoms. The summed E-state index contributed by atoms with van der Waals surface area (Å²) in [6.45, 7) is 2.06. The molecule has 102 valence electrons. The van der Waals surface area contributed by atoms with Crippen molar-refractivity contribution in [1.82, 2.24) is 9.38 Å². The maximum Gasteiger partial charge on any atom is 0.138 e. The summed E-state index contributed by atoms with van der Waals surface area (Å²) in [5.41, 5.74) is 1.91. The van der Waals surface area contributed by atoms with E-state index in [1.54, 1.807) is 12.3 Å². The molecule has 0 amide bonds. The molecule has 3 nitrogen and oxygen atoms in total. The highest BCUT2D eigenvalue weighted by molar-refractivity contribution is 6.35. The Hall–Kier alpha value is -1.71. The first-order valence-electron chi connectivity index (χ1n) is 6.29. The number of benzene rings is 1. The molecule has 1 atom stereocenters. The Labute approximate surface area is 127 Å². The summed E-state index contributed by atoms with van der Waals surface area (Å²) in [4.78, 5) is 4.27. The van der Waals surface area contributed by atoms with E-state index in [9.17, 15) is 0 Å². The monoisotopic (exact) mass is 305 g/mol. The normalized spacial score (nSPS) is 12.6. The molecule has 5 heteroatoms. The number of nitrogens with zero attached hydrogens (tertiary/aromatic N) is 2.